The van der Waals surface area contributed by atoms with Crippen LogP contribution in [0.5, 0.6) is 11.5 Å². The van der Waals surface area contributed by atoms with Gasteiger partial charge in [-0.3, -0.25) is 4.79 Å². The minimum absolute atomic E-state index is 0.301. The predicted octanol–water partition coefficient (Wildman–Crippen LogP) is 3.95. The maximum atomic E-state index is 13.6. The summed E-state index contributed by atoms with van der Waals surface area (Å²) in [5, 5.41) is 11.5. The molecule has 7 heteroatoms. The van der Waals surface area contributed by atoms with E-state index in [0.717, 1.165) is 12.8 Å². The van der Waals surface area contributed by atoms with E-state index in [1.165, 1.54) is 18.2 Å². The second-order valence-electron chi connectivity index (χ2n) is 6.97. The van der Waals surface area contributed by atoms with Gasteiger partial charge in [-0.05, 0) is 68.0 Å². The summed E-state index contributed by atoms with van der Waals surface area (Å²) in [5.41, 5.74) is 2.08. The zero-order valence-corrected chi connectivity index (χ0v) is 15.8. The van der Waals surface area contributed by atoms with E-state index in [1.54, 1.807) is 26.0 Å². The predicted molar refractivity (Wildman–Crippen MR) is 102 cm³/mol. The first-order valence-corrected chi connectivity index (χ1v) is 9.03. The standard InChI is InChI=1S/C21H22FNO5/c1-12-7-15(8-13(2)20(12)28-11-19(24)25)21(26)23-17-6-5-16(22)9-18(17)27-10-14-3-4-14/h5-9,14H,3-4,10-11H2,1-2H3,(H,23,26)(H,24,25). The number of halogens is 1. The van der Waals surface area contributed by atoms with Crippen LogP contribution < -0.4 is 14.8 Å². The quantitative estimate of drug-likeness (QED) is 0.717. The molecule has 0 heterocycles. The summed E-state index contributed by atoms with van der Waals surface area (Å²) in [6, 6.07) is 7.23. The van der Waals surface area contributed by atoms with E-state index in [1.807, 2.05) is 0 Å². The van der Waals surface area contributed by atoms with Crippen molar-refractivity contribution in [2.24, 2.45) is 5.92 Å². The largest absolute Gasteiger partial charge is 0.491 e. The lowest BCUT2D eigenvalue weighted by molar-refractivity contribution is -0.139. The average molecular weight is 387 g/mol. The van der Waals surface area contributed by atoms with Gasteiger partial charge in [-0.2, -0.15) is 0 Å². The summed E-state index contributed by atoms with van der Waals surface area (Å²) in [5.74, 6) is -0.648. The number of benzene rings is 2. The van der Waals surface area contributed by atoms with E-state index >= 15 is 0 Å². The average Bonchev–Trinajstić information content (AvgIpc) is 3.45. The van der Waals surface area contributed by atoms with Gasteiger partial charge in [-0.1, -0.05) is 0 Å². The third-order valence-corrected chi connectivity index (χ3v) is 4.43. The second-order valence-corrected chi connectivity index (χ2v) is 6.97. The molecule has 0 atom stereocenters. The van der Waals surface area contributed by atoms with Crippen LogP contribution in [-0.4, -0.2) is 30.2 Å². The molecule has 0 spiro atoms. The Morgan fingerprint density at radius 3 is 2.43 bits per heavy atom. The minimum atomic E-state index is -1.07. The molecule has 148 valence electrons. The van der Waals surface area contributed by atoms with Gasteiger partial charge in [0.1, 0.15) is 17.3 Å². The molecule has 6 nitrogen and oxygen atoms in total. The second kappa shape index (κ2) is 8.29. The Balaban J connectivity index is 1.76. The molecular formula is C21H22FNO5. The van der Waals surface area contributed by atoms with Crippen molar-refractivity contribution in [1.82, 2.24) is 0 Å². The van der Waals surface area contributed by atoms with Gasteiger partial charge >= 0.3 is 5.97 Å². The van der Waals surface area contributed by atoms with E-state index in [0.29, 0.717) is 46.4 Å². The number of aryl methyl sites for hydroxylation is 2. The summed E-state index contributed by atoms with van der Waals surface area (Å²) in [6.45, 7) is 3.52. The molecule has 2 aromatic carbocycles. The Hall–Kier alpha value is -3.09. The first kappa shape index (κ1) is 19.7. The molecule has 1 amide bonds. The Morgan fingerprint density at radius 1 is 1.14 bits per heavy atom. The molecule has 0 unspecified atom stereocenters. The zero-order chi connectivity index (χ0) is 20.3. The van der Waals surface area contributed by atoms with Crippen molar-refractivity contribution in [2.75, 3.05) is 18.5 Å². The molecular weight excluding hydrogens is 365 g/mol. The third-order valence-electron chi connectivity index (χ3n) is 4.43. The summed E-state index contributed by atoms with van der Waals surface area (Å²) in [4.78, 5) is 23.4. The van der Waals surface area contributed by atoms with E-state index < -0.39 is 18.4 Å². The normalized spacial score (nSPS) is 13.1. The molecule has 1 saturated carbocycles. The molecule has 1 aliphatic carbocycles. The summed E-state index contributed by atoms with van der Waals surface area (Å²) in [6.07, 6.45) is 2.21. The molecule has 0 saturated heterocycles. The maximum Gasteiger partial charge on any atom is 0.341 e. The van der Waals surface area contributed by atoms with Crippen molar-refractivity contribution < 1.29 is 28.6 Å². The molecule has 0 radical (unpaired) electrons. The molecule has 0 aliphatic heterocycles. The fourth-order valence-electron chi connectivity index (χ4n) is 2.85. The van der Waals surface area contributed by atoms with Gasteiger partial charge in [0.2, 0.25) is 0 Å². The molecule has 0 bridgehead atoms. The van der Waals surface area contributed by atoms with Gasteiger partial charge in [-0.15, -0.1) is 0 Å². The highest BCUT2D eigenvalue weighted by Gasteiger charge is 2.23. The van der Waals surface area contributed by atoms with Crippen molar-refractivity contribution in [3.05, 3.63) is 52.8 Å². The topological polar surface area (TPSA) is 84.9 Å². The third kappa shape index (κ3) is 5.00. The monoisotopic (exact) mass is 387 g/mol. The minimum Gasteiger partial charge on any atom is -0.491 e. The Labute approximate surface area is 162 Å². The Morgan fingerprint density at radius 2 is 1.82 bits per heavy atom. The van der Waals surface area contributed by atoms with Gasteiger partial charge in [0.05, 0.1) is 12.3 Å². The van der Waals surface area contributed by atoms with Gasteiger partial charge < -0.3 is 19.9 Å². The van der Waals surface area contributed by atoms with Crippen molar-refractivity contribution in [2.45, 2.75) is 26.7 Å². The zero-order valence-electron chi connectivity index (χ0n) is 15.8. The molecule has 1 fully saturated rings. The highest BCUT2D eigenvalue weighted by molar-refractivity contribution is 6.05. The van der Waals surface area contributed by atoms with Gasteiger partial charge in [-0.25, -0.2) is 9.18 Å². The first-order chi connectivity index (χ1) is 13.3. The smallest absolute Gasteiger partial charge is 0.341 e. The van der Waals surface area contributed by atoms with Crippen LogP contribution in [-0.2, 0) is 4.79 Å². The lowest BCUT2D eigenvalue weighted by atomic mass is 10.0. The van der Waals surface area contributed by atoms with Crippen LogP contribution in [0.2, 0.25) is 0 Å². The molecule has 2 aromatic rings. The fraction of sp³-hybridized carbons (Fsp3) is 0.333. The van der Waals surface area contributed by atoms with Crippen LogP contribution in [0.4, 0.5) is 10.1 Å². The number of hydrogen-bond acceptors (Lipinski definition) is 4. The number of carbonyl (C=O) groups excluding carboxylic acids is 1. The number of carboxylic acid groups (broad SMARTS) is 1. The van der Waals surface area contributed by atoms with E-state index in [-0.39, 0.29) is 5.91 Å². The van der Waals surface area contributed by atoms with Crippen LogP contribution in [0.25, 0.3) is 0 Å². The van der Waals surface area contributed by atoms with Crippen LogP contribution >= 0.6 is 0 Å². The number of ether oxygens (including phenoxy) is 2. The summed E-state index contributed by atoms with van der Waals surface area (Å²) < 4.78 is 24.5. The van der Waals surface area contributed by atoms with Crippen molar-refractivity contribution in [3.8, 4) is 11.5 Å². The maximum absolute atomic E-state index is 13.6. The van der Waals surface area contributed by atoms with E-state index in [4.69, 9.17) is 14.6 Å². The van der Waals surface area contributed by atoms with Crippen LogP contribution in [0.1, 0.15) is 34.3 Å². The molecule has 3 rings (SSSR count). The van der Waals surface area contributed by atoms with E-state index in [9.17, 15) is 14.0 Å². The molecule has 1 aliphatic rings. The number of rotatable bonds is 8. The van der Waals surface area contributed by atoms with Gasteiger partial charge in [0.15, 0.2) is 6.61 Å². The number of nitrogens with one attached hydrogen (secondary N) is 1. The number of hydrogen-bond donors (Lipinski definition) is 2. The number of carbonyl (C=O) groups is 2. The van der Waals surface area contributed by atoms with Crippen molar-refractivity contribution in [3.63, 3.8) is 0 Å². The first-order valence-electron chi connectivity index (χ1n) is 9.03. The van der Waals surface area contributed by atoms with Crippen molar-refractivity contribution in [1.29, 1.82) is 0 Å². The number of aliphatic carboxylic acids is 1. The van der Waals surface area contributed by atoms with Crippen LogP contribution in [0.15, 0.2) is 30.3 Å². The highest BCUT2D eigenvalue weighted by atomic mass is 19.1. The van der Waals surface area contributed by atoms with E-state index in [2.05, 4.69) is 5.32 Å². The van der Waals surface area contributed by atoms with Gasteiger partial charge in [0, 0.05) is 11.6 Å². The van der Waals surface area contributed by atoms with Crippen molar-refractivity contribution >= 4 is 17.6 Å². The summed E-state index contributed by atoms with van der Waals surface area (Å²) in [7, 11) is 0. The molecule has 2 N–H and O–H groups in total. The number of carboxylic acids is 1. The SMILES string of the molecule is Cc1cc(C(=O)Nc2ccc(F)cc2OCC2CC2)cc(C)c1OCC(=O)O. The Bertz CT molecular complexity index is 885. The summed E-state index contributed by atoms with van der Waals surface area (Å²) >= 11 is 0. The number of amides is 1. The highest BCUT2D eigenvalue weighted by Crippen LogP contribution is 2.32. The van der Waals surface area contributed by atoms with Gasteiger partial charge in [0.25, 0.3) is 5.91 Å². The number of anilines is 1. The molecule has 0 aromatic heterocycles. The fourth-order valence-corrected chi connectivity index (χ4v) is 2.85. The lowest BCUT2D eigenvalue weighted by Gasteiger charge is -2.15. The molecule has 28 heavy (non-hydrogen) atoms. The van der Waals surface area contributed by atoms with Crippen LogP contribution in [0.3, 0.4) is 0 Å². The van der Waals surface area contributed by atoms with Crippen LogP contribution in [0, 0.1) is 25.6 Å². The lowest BCUT2D eigenvalue weighted by Crippen LogP contribution is -2.15. The Kier molecular flexibility index (Phi) is 5.82.